The maximum absolute atomic E-state index is 6.19. The molecule has 188 valence electrons. The molecule has 0 amide bonds. The highest BCUT2D eigenvalue weighted by atomic mass is 79.9. The number of rotatable bonds is 11. The highest BCUT2D eigenvalue weighted by Crippen LogP contribution is 2.29. The molecule has 36 heavy (non-hydrogen) atoms. The van der Waals surface area contributed by atoms with E-state index in [0.29, 0.717) is 0 Å². The molecule has 0 spiro atoms. The Balaban J connectivity index is 1.21. The largest absolute Gasteiger partial charge is 0.457 e. The monoisotopic (exact) mass is 548 g/mol. The smallest absolute Gasteiger partial charge is 0.208 e. The van der Waals surface area contributed by atoms with Crippen LogP contribution < -0.4 is 15.4 Å². The fourth-order valence-corrected chi connectivity index (χ4v) is 4.92. The zero-order valence-electron chi connectivity index (χ0n) is 20.7. The van der Waals surface area contributed by atoms with E-state index >= 15 is 0 Å². The summed E-state index contributed by atoms with van der Waals surface area (Å²) < 4.78 is 9.40. The van der Waals surface area contributed by atoms with E-state index in [1.54, 1.807) is 6.20 Å². The minimum Gasteiger partial charge on any atom is -0.457 e. The third-order valence-electron chi connectivity index (χ3n) is 6.49. The van der Waals surface area contributed by atoms with Gasteiger partial charge in [0.25, 0.3) is 0 Å². The number of aryl methyl sites for hydroxylation is 1. The molecule has 0 saturated carbocycles. The summed E-state index contributed by atoms with van der Waals surface area (Å²) >= 11 is 3.49. The second-order valence-corrected chi connectivity index (χ2v) is 10.0. The quantitative estimate of drug-likeness (QED) is 0.213. The number of anilines is 2. The summed E-state index contributed by atoms with van der Waals surface area (Å²) in [6.45, 7) is 8.37. The Morgan fingerprint density at radius 3 is 2.61 bits per heavy atom. The van der Waals surface area contributed by atoms with Gasteiger partial charge < -0.3 is 24.8 Å². The van der Waals surface area contributed by atoms with Gasteiger partial charge in [-0.2, -0.15) is 0 Å². The van der Waals surface area contributed by atoms with E-state index in [1.807, 2.05) is 48.5 Å². The number of fused-ring (bicyclic) bond motifs is 1. The normalized spacial score (nSPS) is 13.9. The second-order valence-electron chi connectivity index (χ2n) is 9.13. The van der Waals surface area contributed by atoms with E-state index < -0.39 is 0 Å². The Morgan fingerprint density at radius 2 is 1.81 bits per heavy atom. The maximum atomic E-state index is 6.19. The van der Waals surface area contributed by atoms with Crippen molar-refractivity contribution in [2.24, 2.45) is 0 Å². The minimum atomic E-state index is 0.738. The summed E-state index contributed by atoms with van der Waals surface area (Å²) in [7, 11) is 0. The lowest BCUT2D eigenvalue weighted by atomic mass is 10.3. The molecule has 2 aromatic heterocycles. The maximum Gasteiger partial charge on any atom is 0.208 e. The SMILES string of the molecule is CCn1c(Nc2ccc(Br)cc2)nc2cc(Oc3ccnc(CNCCCN4CCCC4)c3)ccc21. The number of ether oxygens (including phenoxy) is 1. The molecule has 5 rings (SSSR count). The number of pyridine rings is 1. The van der Waals surface area contributed by atoms with Crippen LogP contribution in [-0.4, -0.2) is 45.6 Å². The third-order valence-corrected chi connectivity index (χ3v) is 7.02. The van der Waals surface area contributed by atoms with Crippen LogP contribution in [0.25, 0.3) is 11.0 Å². The van der Waals surface area contributed by atoms with Gasteiger partial charge in [0, 0.05) is 41.6 Å². The molecule has 0 radical (unpaired) electrons. The van der Waals surface area contributed by atoms with Crippen LogP contribution in [0.1, 0.15) is 31.9 Å². The Labute approximate surface area is 221 Å². The molecule has 1 aliphatic heterocycles. The number of hydrogen-bond donors (Lipinski definition) is 2. The van der Waals surface area contributed by atoms with Gasteiger partial charge >= 0.3 is 0 Å². The van der Waals surface area contributed by atoms with E-state index in [9.17, 15) is 0 Å². The first kappa shape index (κ1) is 24.7. The van der Waals surface area contributed by atoms with Crippen molar-refractivity contribution in [3.63, 3.8) is 0 Å². The average molecular weight is 550 g/mol. The molecule has 2 N–H and O–H groups in total. The highest BCUT2D eigenvalue weighted by molar-refractivity contribution is 9.10. The molecule has 7 nitrogen and oxygen atoms in total. The summed E-state index contributed by atoms with van der Waals surface area (Å²) in [5.41, 5.74) is 3.93. The number of aromatic nitrogens is 3. The zero-order chi connectivity index (χ0) is 24.7. The van der Waals surface area contributed by atoms with Gasteiger partial charge in [-0.3, -0.25) is 4.98 Å². The molecule has 3 heterocycles. The number of benzene rings is 2. The van der Waals surface area contributed by atoms with E-state index in [0.717, 1.165) is 64.0 Å². The predicted molar refractivity (Wildman–Crippen MR) is 149 cm³/mol. The second kappa shape index (κ2) is 11.9. The van der Waals surface area contributed by atoms with E-state index in [1.165, 1.54) is 38.9 Å². The number of imidazole rings is 1. The Hall–Kier alpha value is -2.94. The van der Waals surface area contributed by atoms with Crippen LogP contribution in [0.5, 0.6) is 11.5 Å². The predicted octanol–water partition coefficient (Wildman–Crippen LogP) is 6.33. The van der Waals surface area contributed by atoms with Crippen molar-refractivity contribution < 1.29 is 4.74 Å². The first-order chi connectivity index (χ1) is 17.7. The molecule has 0 bridgehead atoms. The molecular weight excluding hydrogens is 516 g/mol. The van der Waals surface area contributed by atoms with Gasteiger partial charge in [0.2, 0.25) is 5.95 Å². The van der Waals surface area contributed by atoms with Gasteiger partial charge in [0.15, 0.2) is 0 Å². The summed E-state index contributed by atoms with van der Waals surface area (Å²) in [5.74, 6) is 2.35. The fourth-order valence-electron chi connectivity index (χ4n) is 4.65. The molecule has 4 aromatic rings. The van der Waals surface area contributed by atoms with Gasteiger partial charge in [0.05, 0.1) is 16.7 Å². The minimum absolute atomic E-state index is 0.738. The summed E-state index contributed by atoms with van der Waals surface area (Å²) in [4.78, 5) is 11.9. The van der Waals surface area contributed by atoms with Crippen LogP contribution in [0.3, 0.4) is 0 Å². The van der Waals surface area contributed by atoms with Crippen molar-refractivity contribution in [3.05, 3.63) is 71.0 Å². The van der Waals surface area contributed by atoms with Crippen molar-refractivity contribution >= 4 is 38.6 Å². The van der Waals surface area contributed by atoms with Crippen molar-refractivity contribution in [1.82, 2.24) is 24.8 Å². The Bertz CT molecular complexity index is 1280. The van der Waals surface area contributed by atoms with Gasteiger partial charge in [-0.15, -0.1) is 0 Å². The lowest BCUT2D eigenvalue weighted by molar-refractivity contribution is 0.331. The Kier molecular flexibility index (Phi) is 8.15. The first-order valence-corrected chi connectivity index (χ1v) is 13.6. The van der Waals surface area contributed by atoms with Crippen LogP contribution in [0.15, 0.2) is 65.3 Å². The van der Waals surface area contributed by atoms with Crippen LogP contribution in [-0.2, 0) is 13.1 Å². The van der Waals surface area contributed by atoms with Crippen molar-refractivity contribution in [3.8, 4) is 11.5 Å². The molecule has 0 unspecified atom stereocenters. The lowest BCUT2D eigenvalue weighted by Crippen LogP contribution is -2.24. The lowest BCUT2D eigenvalue weighted by Gasteiger charge is -2.14. The standard InChI is InChI=1S/C28H33BrN6O/c1-2-35-27-11-10-24(19-26(27)33-28(35)32-22-8-6-21(29)7-9-22)36-25-12-14-31-23(18-25)20-30-13-5-17-34-15-3-4-16-34/h6-12,14,18-19,30H,2-5,13,15-17,20H2,1H3,(H,32,33). The van der Waals surface area contributed by atoms with E-state index in [-0.39, 0.29) is 0 Å². The number of hydrogen-bond acceptors (Lipinski definition) is 6. The fraction of sp³-hybridized carbons (Fsp3) is 0.357. The zero-order valence-corrected chi connectivity index (χ0v) is 22.3. The summed E-state index contributed by atoms with van der Waals surface area (Å²) in [6, 6.07) is 18.0. The van der Waals surface area contributed by atoms with Crippen LogP contribution in [0, 0.1) is 0 Å². The van der Waals surface area contributed by atoms with Gasteiger partial charge in [0.1, 0.15) is 11.5 Å². The molecule has 8 heteroatoms. The Morgan fingerprint density at radius 1 is 1.00 bits per heavy atom. The molecule has 0 atom stereocenters. The number of nitrogens with zero attached hydrogens (tertiary/aromatic N) is 4. The van der Waals surface area contributed by atoms with E-state index in [2.05, 4.69) is 54.0 Å². The third kappa shape index (κ3) is 6.24. The molecule has 1 fully saturated rings. The molecule has 1 aliphatic rings. The molecule has 2 aromatic carbocycles. The molecular formula is C28H33BrN6O. The highest BCUT2D eigenvalue weighted by Gasteiger charge is 2.12. The van der Waals surface area contributed by atoms with Crippen molar-refractivity contribution in [1.29, 1.82) is 0 Å². The number of halogens is 1. The number of nitrogens with one attached hydrogen (secondary N) is 2. The van der Waals surface area contributed by atoms with Crippen molar-refractivity contribution in [2.45, 2.75) is 39.3 Å². The number of likely N-dealkylation sites (tertiary alicyclic amines) is 1. The van der Waals surface area contributed by atoms with Crippen LogP contribution in [0.4, 0.5) is 11.6 Å². The average Bonchev–Trinajstić information content (AvgIpc) is 3.52. The summed E-state index contributed by atoms with van der Waals surface area (Å²) in [6.07, 6.45) is 5.67. The molecule has 0 aliphatic carbocycles. The van der Waals surface area contributed by atoms with E-state index in [4.69, 9.17) is 9.72 Å². The van der Waals surface area contributed by atoms with Crippen LogP contribution in [0.2, 0.25) is 0 Å². The summed E-state index contributed by atoms with van der Waals surface area (Å²) in [5, 5.41) is 6.95. The van der Waals surface area contributed by atoms with Crippen LogP contribution >= 0.6 is 15.9 Å². The van der Waals surface area contributed by atoms with Crippen molar-refractivity contribution in [2.75, 3.05) is 31.5 Å². The van der Waals surface area contributed by atoms with Gasteiger partial charge in [-0.1, -0.05) is 15.9 Å². The first-order valence-electron chi connectivity index (χ1n) is 12.8. The topological polar surface area (TPSA) is 67.2 Å². The molecule has 1 saturated heterocycles. The van der Waals surface area contributed by atoms with Gasteiger partial charge in [-0.05, 0) is 94.8 Å². The van der Waals surface area contributed by atoms with Gasteiger partial charge in [-0.25, -0.2) is 4.98 Å².